The Bertz CT molecular complexity index is 802. The summed E-state index contributed by atoms with van der Waals surface area (Å²) in [5, 5.41) is 5.53. The lowest BCUT2D eigenvalue weighted by atomic mass is 10.2. The fourth-order valence-corrected chi connectivity index (χ4v) is 2.40. The van der Waals surface area contributed by atoms with Gasteiger partial charge in [0.1, 0.15) is 11.5 Å². The van der Waals surface area contributed by atoms with Crippen LogP contribution < -0.4 is 20.1 Å². The Morgan fingerprint density at radius 1 is 1.24 bits per heavy atom. The van der Waals surface area contributed by atoms with Crippen LogP contribution in [0.15, 0.2) is 42.5 Å². The molecule has 6 nitrogen and oxygen atoms in total. The molecule has 1 heterocycles. The van der Waals surface area contributed by atoms with E-state index in [4.69, 9.17) is 9.47 Å². The zero-order valence-corrected chi connectivity index (χ0v) is 14.3. The van der Waals surface area contributed by atoms with Crippen LogP contribution in [0.25, 0.3) is 0 Å². The van der Waals surface area contributed by atoms with E-state index < -0.39 is 12.2 Å². The number of carbonyl (C=O) groups is 2. The molecule has 1 aliphatic rings. The number of hydrogen-bond donors (Lipinski definition) is 2. The van der Waals surface area contributed by atoms with E-state index >= 15 is 0 Å². The van der Waals surface area contributed by atoms with Gasteiger partial charge in [0.05, 0.1) is 5.69 Å². The highest BCUT2D eigenvalue weighted by Crippen LogP contribution is 2.32. The molecule has 2 N–H and O–H groups in total. The predicted molar refractivity (Wildman–Crippen MR) is 95.1 cm³/mol. The van der Waals surface area contributed by atoms with Crippen LogP contribution in [0.2, 0.25) is 0 Å². The van der Waals surface area contributed by atoms with Crippen LogP contribution in [-0.4, -0.2) is 24.0 Å². The molecule has 2 aromatic carbocycles. The normalized spacial score (nSPS) is 16.9. The molecule has 2 aromatic rings. The van der Waals surface area contributed by atoms with Crippen molar-refractivity contribution in [3.8, 4) is 11.5 Å². The molecule has 3 rings (SSSR count). The van der Waals surface area contributed by atoms with Crippen LogP contribution in [0.3, 0.4) is 0 Å². The van der Waals surface area contributed by atoms with E-state index in [1.165, 1.54) is 0 Å². The van der Waals surface area contributed by atoms with Crippen LogP contribution in [0.5, 0.6) is 11.5 Å². The van der Waals surface area contributed by atoms with Gasteiger partial charge in [-0.25, -0.2) is 0 Å². The summed E-state index contributed by atoms with van der Waals surface area (Å²) in [5.74, 6) is 0.714. The molecule has 2 atom stereocenters. The van der Waals surface area contributed by atoms with Gasteiger partial charge in [0.2, 0.25) is 0 Å². The van der Waals surface area contributed by atoms with Crippen LogP contribution in [0.4, 0.5) is 11.4 Å². The Balaban J connectivity index is 1.65. The molecule has 2 amide bonds. The summed E-state index contributed by atoms with van der Waals surface area (Å²) >= 11 is 0. The molecule has 0 saturated carbocycles. The summed E-state index contributed by atoms with van der Waals surface area (Å²) in [6.07, 6.45) is -1.19. The van der Waals surface area contributed by atoms with Crippen molar-refractivity contribution in [3.05, 3.63) is 48.0 Å². The van der Waals surface area contributed by atoms with Crippen LogP contribution in [-0.2, 0) is 9.59 Å². The molecule has 0 fully saturated rings. The Labute approximate surface area is 146 Å². The van der Waals surface area contributed by atoms with Crippen molar-refractivity contribution in [2.24, 2.45) is 0 Å². The van der Waals surface area contributed by atoms with Gasteiger partial charge in [0.25, 0.3) is 11.8 Å². The molecule has 0 radical (unpaired) electrons. The topological polar surface area (TPSA) is 76.7 Å². The number of rotatable bonds is 4. The second-order valence-electron chi connectivity index (χ2n) is 6.02. The number of hydrogen-bond acceptors (Lipinski definition) is 4. The van der Waals surface area contributed by atoms with Gasteiger partial charge in [-0.05, 0) is 51.1 Å². The van der Waals surface area contributed by atoms with E-state index in [9.17, 15) is 9.59 Å². The third-order valence-corrected chi connectivity index (χ3v) is 3.88. The van der Waals surface area contributed by atoms with Gasteiger partial charge in [-0.2, -0.15) is 0 Å². The molecule has 1 aliphatic heterocycles. The molecule has 0 aromatic heterocycles. The van der Waals surface area contributed by atoms with Gasteiger partial charge in [-0.1, -0.05) is 17.7 Å². The van der Waals surface area contributed by atoms with E-state index in [2.05, 4.69) is 10.6 Å². The van der Waals surface area contributed by atoms with Gasteiger partial charge in [-0.15, -0.1) is 0 Å². The molecule has 0 aliphatic carbocycles. The fourth-order valence-electron chi connectivity index (χ4n) is 2.40. The van der Waals surface area contributed by atoms with Crippen molar-refractivity contribution in [2.75, 3.05) is 10.6 Å². The zero-order chi connectivity index (χ0) is 18.0. The molecule has 0 bridgehead atoms. The quantitative estimate of drug-likeness (QED) is 0.896. The summed E-state index contributed by atoms with van der Waals surface area (Å²) in [5.41, 5.74) is 2.21. The molecule has 0 unspecified atom stereocenters. The first kappa shape index (κ1) is 16.8. The van der Waals surface area contributed by atoms with E-state index in [0.29, 0.717) is 22.9 Å². The van der Waals surface area contributed by atoms with Crippen LogP contribution in [0.1, 0.15) is 19.4 Å². The Kier molecular flexibility index (Phi) is 4.61. The highest BCUT2D eigenvalue weighted by atomic mass is 16.5. The molecule has 0 spiro atoms. The van der Waals surface area contributed by atoms with Crippen molar-refractivity contribution >= 4 is 23.2 Å². The Morgan fingerprint density at radius 2 is 1.96 bits per heavy atom. The van der Waals surface area contributed by atoms with E-state index in [-0.39, 0.29) is 11.8 Å². The number of amides is 2. The molecule has 25 heavy (non-hydrogen) atoms. The standard InChI is InChI=1S/C19H20N2O4/c1-11-4-7-15(8-5-11)24-12(2)18(22)20-14-6-9-17-16(10-14)21-19(23)13(3)25-17/h4-10,12-13H,1-3H3,(H,20,22)(H,21,23)/t12-,13+/m1/s1. The number of aryl methyl sites for hydroxylation is 1. The van der Waals surface area contributed by atoms with Gasteiger partial charge in [0, 0.05) is 5.69 Å². The van der Waals surface area contributed by atoms with Gasteiger partial charge in [-0.3, -0.25) is 9.59 Å². The number of benzene rings is 2. The number of ether oxygens (including phenoxy) is 2. The van der Waals surface area contributed by atoms with Crippen molar-refractivity contribution in [1.29, 1.82) is 0 Å². The van der Waals surface area contributed by atoms with Crippen LogP contribution >= 0.6 is 0 Å². The zero-order valence-electron chi connectivity index (χ0n) is 14.3. The molecule has 6 heteroatoms. The second-order valence-corrected chi connectivity index (χ2v) is 6.02. The maximum Gasteiger partial charge on any atom is 0.265 e. The van der Waals surface area contributed by atoms with Crippen molar-refractivity contribution in [1.82, 2.24) is 0 Å². The maximum absolute atomic E-state index is 12.3. The van der Waals surface area contributed by atoms with Gasteiger partial charge < -0.3 is 20.1 Å². The van der Waals surface area contributed by atoms with Gasteiger partial charge in [0.15, 0.2) is 12.2 Å². The van der Waals surface area contributed by atoms with E-state index in [1.54, 1.807) is 32.0 Å². The highest BCUT2D eigenvalue weighted by molar-refractivity contribution is 5.99. The molecule has 0 saturated heterocycles. The Hall–Kier alpha value is -3.02. The van der Waals surface area contributed by atoms with Crippen molar-refractivity contribution < 1.29 is 19.1 Å². The monoisotopic (exact) mass is 340 g/mol. The van der Waals surface area contributed by atoms with Crippen molar-refractivity contribution in [3.63, 3.8) is 0 Å². The summed E-state index contributed by atoms with van der Waals surface area (Å²) in [6.45, 7) is 5.34. The first-order chi connectivity index (χ1) is 11.9. The minimum Gasteiger partial charge on any atom is -0.481 e. The molecular formula is C19H20N2O4. The average Bonchev–Trinajstić information content (AvgIpc) is 2.58. The SMILES string of the molecule is Cc1ccc(O[C@H](C)C(=O)Nc2ccc3c(c2)NC(=O)[C@H](C)O3)cc1. The van der Waals surface area contributed by atoms with E-state index in [1.807, 2.05) is 31.2 Å². The van der Waals surface area contributed by atoms with Crippen molar-refractivity contribution in [2.45, 2.75) is 33.0 Å². The molecular weight excluding hydrogens is 320 g/mol. The minimum absolute atomic E-state index is 0.216. The Morgan fingerprint density at radius 3 is 2.68 bits per heavy atom. The highest BCUT2D eigenvalue weighted by Gasteiger charge is 2.24. The van der Waals surface area contributed by atoms with Crippen LogP contribution in [0, 0.1) is 6.92 Å². The third kappa shape index (κ3) is 3.91. The minimum atomic E-state index is -0.662. The summed E-state index contributed by atoms with van der Waals surface area (Å²) in [7, 11) is 0. The lowest BCUT2D eigenvalue weighted by Crippen LogP contribution is -2.34. The number of carbonyl (C=O) groups excluding carboxylic acids is 2. The number of fused-ring (bicyclic) bond motifs is 1. The third-order valence-electron chi connectivity index (χ3n) is 3.88. The average molecular weight is 340 g/mol. The molecule has 130 valence electrons. The van der Waals surface area contributed by atoms with Gasteiger partial charge >= 0.3 is 0 Å². The first-order valence-corrected chi connectivity index (χ1v) is 8.08. The maximum atomic E-state index is 12.3. The number of nitrogens with one attached hydrogen (secondary N) is 2. The predicted octanol–water partition coefficient (Wildman–Crippen LogP) is 3.12. The summed E-state index contributed by atoms with van der Waals surface area (Å²) < 4.78 is 11.1. The largest absolute Gasteiger partial charge is 0.481 e. The lowest BCUT2D eigenvalue weighted by Gasteiger charge is -2.24. The summed E-state index contributed by atoms with van der Waals surface area (Å²) in [4.78, 5) is 24.0. The first-order valence-electron chi connectivity index (χ1n) is 8.08. The number of anilines is 2. The summed E-state index contributed by atoms with van der Waals surface area (Å²) in [6, 6.07) is 12.6. The smallest absolute Gasteiger partial charge is 0.265 e. The lowest BCUT2D eigenvalue weighted by molar-refractivity contribution is -0.123. The van der Waals surface area contributed by atoms with E-state index in [0.717, 1.165) is 5.56 Å². The fraction of sp³-hybridized carbons (Fsp3) is 0.263. The second kappa shape index (κ2) is 6.84.